The van der Waals surface area contributed by atoms with Crippen LogP contribution in [-0.4, -0.2) is 6.61 Å². The number of rotatable bonds is 3. The fraction of sp³-hybridized carbons (Fsp3) is 0.385. The molecule has 0 saturated heterocycles. The quantitative estimate of drug-likeness (QED) is 0.877. The monoisotopic (exact) mass is 237 g/mol. The summed E-state index contributed by atoms with van der Waals surface area (Å²) in [6.07, 6.45) is 3.34. The maximum atomic E-state index is 6.07. The van der Waals surface area contributed by atoms with E-state index >= 15 is 0 Å². The van der Waals surface area contributed by atoms with Crippen molar-refractivity contribution < 1.29 is 4.74 Å². The number of hydrogen-bond acceptors (Lipinski definition) is 2. The van der Waals surface area contributed by atoms with Gasteiger partial charge in [-0.25, -0.2) is 0 Å². The summed E-state index contributed by atoms with van der Waals surface area (Å²) in [5.41, 5.74) is 8.63. The van der Waals surface area contributed by atoms with Gasteiger partial charge in [0.25, 0.3) is 0 Å². The molecule has 1 aromatic carbocycles. The Kier molecular flexibility index (Phi) is 3.52. The smallest absolute Gasteiger partial charge is 0.123 e. The molecule has 0 heterocycles. The van der Waals surface area contributed by atoms with Gasteiger partial charge in [-0.3, -0.25) is 0 Å². The van der Waals surface area contributed by atoms with Gasteiger partial charge in [-0.1, -0.05) is 24.2 Å². The summed E-state index contributed by atoms with van der Waals surface area (Å²) >= 11 is 5.66. The van der Waals surface area contributed by atoms with Gasteiger partial charge in [-0.15, -0.1) is 0 Å². The Morgan fingerprint density at radius 2 is 2.38 bits per heavy atom. The molecule has 0 bridgehead atoms. The topological polar surface area (TPSA) is 35.2 Å². The van der Waals surface area contributed by atoms with Gasteiger partial charge >= 0.3 is 0 Å². The maximum Gasteiger partial charge on any atom is 0.123 e. The fourth-order valence-electron chi connectivity index (χ4n) is 2.07. The SMILES string of the molecule is C=C(Cl)COc1ccc2c(c1)[C@H](N)CCC2. The fourth-order valence-corrected chi connectivity index (χ4v) is 2.12. The highest BCUT2D eigenvalue weighted by Crippen LogP contribution is 2.30. The average molecular weight is 238 g/mol. The molecular formula is C13H16ClNO. The van der Waals surface area contributed by atoms with Crippen LogP contribution in [0.4, 0.5) is 0 Å². The molecule has 0 saturated carbocycles. The van der Waals surface area contributed by atoms with Crippen molar-refractivity contribution in [2.24, 2.45) is 5.73 Å². The number of hydrogen-bond donors (Lipinski definition) is 1. The Hall–Kier alpha value is -0.990. The first-order valence-corrected chi connectivity index (χ1v) is 5.89. The van der Waals surface area contributed by atoms with E-state index in [9.17, 15) is 0 Å². The summed E-state index contributed by atoms with van der Waals surface area (Å²) < 4.78 is 5.49. The summed E-state index contributed by atoms with van der Waals surface area (Å²) in [5.74, 6) is 0.818. The zero-order valence-electron chi connectivity index (χ0n) is 9.21. The van der Waals surface area contributed by atoms with Crippen LogP contribution in [-0.2, 0) is 6.42 Å². The Labute approximate surface area is 101 Å². The van der Waals surface area contributed by atoms with Gasteiger partial charge < -0.3 is 10.5 Å². The van der Waals surface area contributed by atoms with Gasteiger partial charge in [0.15, 0.2) is 0 Å². The lowest BCUT2D eigenvalue weighted by atomic mass is 9.88. The van der Waals surface area contributed by atoms with Crippen LogP contribution in [0.5, 0.6) is 5.75 Å². The maximum absolute atomic E-state index is 6.07. The molecular weight excluding hydrogens is 222 g/mol. The Balaban J connectivity index is 2.17. The van der Waals surface area contributed by atoms with E-state index in [4.69, 9.17) is 22.1 Å². The van der Waals surface area contributed by atoms with Crippen LogP contribution >= 0.6 is 11.6 Å². The van der Waals surface area contributed by atoms with Crippen molar-refractivity contribution in [1.29, 1.82) is 0 Å². The minimum Gasteiger partial charge on any atom is -0.488 e. The highest BCUT2D eigenvalue weighted by atomic mass is 35.5. The molecule has 0 aliphatic heterocycles. The zero-order valence-corrected chi connectivity index (χ0v) is 9.96. The molecule has 2 N–H and O–H groups in total. The van der Waals surface area contributed by atoms with E-state index < -0.39 is 0 Å². The first kappa shape index (κ1) is 11.5. The van der Waals surface area contributed by atoms with Gasteiger partial charge in [0, 0.05) is 11.1 Å². The van der Waals surface area contributed by atoms with Gasteiger partial charge in [0.1, 0.15) is 12.4 Å². The largest absolute Gasteiger partial charge is 0.488 e. The van der Waals surface area contributed by atoms with Crippen molar-refractivity contribution in [3.63, 3.8) is 0 Å². The third-order valence-electron chi connectivity index (χ3n) is 2.87. The molecule has 1 aromatic rings. The highest BCUT2D eigenvalue weighted by molar-refractivity contribution is 6.29. The number of benzene rings is 1. The Morgan fingerprint density at radius 3 is 3.12 bits per heavy atom. The second-order valence-corrected chi connectivity index (χ2v) is 4.70. The van der Waals surface area contributed by atoms with E-state index in [1.165, 1.54) is 17.5 Å². The first-order valence-electron chi connectivity index (χ1n) is 5.51. The molecule has 2 rings (SSSR count). The average Bonchev–Trinajstić information content (AvgIpc) is 2.27. The number of ether oxygens (including phenoxy) is 1. The number of fused-ring (bicyclic) bond motifs is 1. The zero-order chi connectivity index (χ0) is 11.5. The summed E-state index contributed by atoms with van der Waals surface area (Å²) in [6.45, 7) is 3.93. The number of halogens is 1. The first-order chi connectivity index (χ1) is 7.66. The molecule has 1 aliphatic carbocycles. The molecule has 0 fully saturated rings. The summed E-state index contributed by atoms with van der Waals surface area (Å²) in [4.78, 5) is 0. The molecule has 1 atom stereocenters. The molecule has 1 aliphatic rings. The van der Waals surface area contributed by atoms with Crippen LogP contribution in [0.2, 0.25) is 0 Å². The van der Waals surface area contributed by atoms with E-state index in [-0.39, 0.29) is 6.04 Å². The van der Waals surface area contributed by atoms with Crippen LogP contribution in [0, 0.1) is 0 Å². The van der Waals surface area contributed by atoms with Crippen molar-refractivity contribution in [3.05, 3.63) is 40.9 Å². The Bertz CT molecular complexity index is 403. The summed E-state index contributed by atoms with van der Waals surface area (Å²) in [5, 5.41) is 0.502. The van der Waals surface area contributed by atoms with Crippen molar-refractivity contribution in [1.82, 2.24) is 0 Å². The molecule has 0 aromatic heterocycles. The minimum atomic E-state index is 0.145. The molecule has 0 unspecified atom stereocenters. The molecule has 16 heavy (non-hydrogen) atoms. The lowest BCUT2D eigenvalue weighted by molar-refractivity contribution is 0.358. The molecule has 2 nitrogen and oxygen atoms in total. The third-order valence-corrected chi connectivity index (χ3v) is 2.98. The molecule has 0 amide bonds. The second-order valence-electron chi connectivity index (χ2n) is 4.17. The van der Waals surface area contributed by atoms with Gasteiger partial charge in [0.05, 0.1) is 0 Å². The van der Waals surface area contributed by atoms with Crippen molar-refractivity contribution in [3.8, 4) is 5.75 Å². The van der Waals surface area contributed by atoms with Crippen molar-refractivity contribution in [2.45, 2.75) is 25.3 Å². The van der Waals surface area contributed by atoms with E-state index in [1.54, 1.807) is 0 Å². The van der Waals surface area contributed by atoms with E-state index in [2.05, 4.69) is 12.6 Å². The Morgan fingerprint density at radius 1 is 1.56 bits per heavy atom. The molecule has 3 heteroatoms. The van der Waals surface area contributed by atoms with Gasteiger partial charge in [0.2, 0.25) is 0 Å². The van der Waals surface area contributed by atoms with Crippen LogP contribution in [0.15, 0.2) is 29.8 Å². The standard InChI is InChI=1S/C13H16ClNO/c1-9(14)8-16-11-6-5-10-3-2-4-13(15)12(10)7-11/h5-7,13H,1-4,8,15H2/t13-/m1/s1. The lowest BCUT2D eigenvalue weighted by Gasteiger charge is -2.22. The summed E-state index contributed by atoms with van der Waals surface area (Å²) in [6, 6.07) is 6.24. The normalized spacial score (nSPS) is 19.0. The third kappa shape index (κ3) is 2.57. The molecule has 86 valence electrons. The lowest BCUT2D eigenvalue weighted by Crippen LogP contribution is -2.17. The van der Waals surface area contributed by atoms with Crippen LogP contribution in [0.25, 0.3) is 0 Å². The predicted octanol–water partition coefficient (Wildman–Crippen LogP) is 3.15. The van der Waals surface area contributed by atoms with E-state index in [0.717, 1.165) is 18.6 Å². The van der Waals surface area contributed by atoms with E-state index in [0.29, 0.717) is 11.6 Å². The van der Waals surface area contributed by atoms with Crippen LogP contribution in [0.3, 0.4) is 0 Å². The number of aryl methyl sites for hydroxylation is 1. The molecule has 0 radical (unpaired) electrons. The summed E-state index contributed by atoms with van der Waals surface area (Å²) in [7, 11) is 0. The van der Waals surface area contributed by atoms with Crippen molar-refractivity contribution >= 4 is 11.6 Å². The van der Waals surface area contributed by atoms with E-state index in [1.807, 2.05) is 12.1 Å². The van der Waals surface area contributed by atoms with Crippen LogP contribution < -0.4 is 10.5 Å². The number of nitrogens with two attached hydrogens (primary N) is 1. The van der Waals surface area contributed by atoms with Gasteiger partial charge in [-0.2, -0.15) is 0 Å². The van der Waals surface area contributed by atoms with Gasteiger partial charge in [-0.05, 0) is 42.5 Å². The highest BCUT2D eigenvalue weighted by Gasteiger charge is 2.17. The van der Waals surface area contributed by atoms with Crippen molar-refractivity contribution in [2.75, 3.05) is 6.61 Å². The van der Waals surface area contributed by atoms with Crippen LogP contribution in [0.1, 0.15) is 30.0 Å². The predicted molar refractivity (Wildman–Crippen MR) is 66.8 cm³/mol. The second kappa shape index (κ2) is 4.89. The molecule has 0 spiro atoms. The minimum absolute atomic E-state index is 0.145.